The Balaban J connectivity index is 1.95. The molecule has 0 unspecified atom stereocenters. The summed E-state index contributed by atoms with van der Waals surface area (Å²) < 4.78 is 52.6. The summed E-state index contributed by atoms with van der Waals surface area (Å²) in [4.78, 5) is 24.2. The van der Waals surface area contributed by atoms with Crippen LogP contribution in [-0.2, 0) is 4.79 Å². The molecule has 0 saturated heterocycles. The Labute approximate surface area is 200 Å². The first-order chi connectivity index (χ1) is 16.4. The first-order valence-electron chi connectivity index (χ1n) is 10.8. The molecule has 0 bridgehead atoms. The summed E-state index contributed by atoms with van der Waals surface area (Å²) in [6.45, 7) is 1.53. The molecule has 2 aromatic carbocycles. The van der Waals surface area contributed by atoms with Gasteiger partial charge in [-0.2, -0.15) is 13.2 Å². The van der Waals surface area contributed by atoms with E-state index in [0.29, 0.717) is 11.3 Å². The normalized spacial score (nSPS) is 12.0. The van der Waals surface area contributed by atoms with Crippen LogP contribution in [0.15, 0.2) is 48.5 Å². The molecular weight excluding hydrogens is 469 g/mol. The first-order valence-corrected chi connectivity index (χ1v) is 10.8. The van der Waals surface area contributed by atoms with Crippen LogP contribution in [0.4, 0.5) is 13.2 Å². The zero-order chi connectivity index (χ0) is 26.1. The van der Waals surface area contributed by atoms with E-state index in [-0.39, 0.29) is 42.9 Å². The van der Waals surface area contributed by atoms with Gasteiger partial charge in [-0.1, -0.05) is 25.1 Å². The van der Waals surface area contributed by atoms with Crippen molar-refractivity contribution in [1.82, 2.24) is 0 Å². The average Bonchev–Trinajstić information content (AvgIpc) is 2.82. The van der Waals surface area contributed by atoms with Gasteiger partial charge in [0.05, 0.1) is 19.3 Å². The summed E-state index contributed by atoms with van der Waals surface area (Å²) in [5, 5.41) is 19.0. The highest BCUT2D eigenvalue weighted by Crippen LogP contribution is 2.29. The summed E-state index contributed by atoms with van der Waals surface area (Å²) in [6.07, 6.45) is -2.61. The van der Waals surface area contributed by atoms with Gasteiger partial charge in [-0.3, -0.25) is 4.79 Å². The monoisotopic (exact) mass is 496 g/mol. The maximum atomic E-state index is 12.5. The summed E-state index contributed by atoms with van der Waals surface area (Å²) in [6, 6.07) is 10.5. The van der Waals surface area contributed by atoms with Gasteiger partial charge in [-0.25, -0.2) is 4.79 Å². The van der Waals surface area contributed by atoms with Gasteiger partial charge in [0.1, 0.15) is 5.75 Å². The van der Waals surface area contributed by atoms with E-state index in [1.807, 2.05) is 0 Å². The Hall–Kier alpha value is -3.37. The lowest BCUT2D eigenvalue weighted by molar-refractivity contribution is -0.178. The van der Waals surface area contributed by atoms with Crippen LogP contribution in [0.2, 0.25) is 0 Å². The molecule has 2 aromatic rings. The van der Waals surface area contributed by atoms with Crippen molar-refractivity contribution in [1.29, 1.82) is 0 Å². The minimum absolute atomic E-state index is 0.0521. The second-order valence-electron chi connectivity index (χ2n) is 7.61. The number of aliphatic hydroxyl groups is 2. The Morgan fingerprint density at radius 2 is 1.69 bits per heavy atom. The van der Waals surface area contributed by atoms with Gasteiger partial charge in [0.15, 0.2) is 11.5 Å². The highest BCUT2D eigenvalue weighted by molar-refractivity contribution is 5.98. The van der Waals surface area contributed by atoms with E-state index >= 15 is 0 Å². The Kier molecular flexibility index (Phi) is 9.85. The zero-order valence-corrected chi connectivity index (χ0v) is 19.3. The van der Waals surface area contributed by atoms with Gasteiger partial charge in [0, 0.05) is 12.8 Å². The molecule has 0 atom stereocenters. The minimum atomic E-state index is -4.20. The molecule has 0 saturated carbocycles. The molecule has 10 heteroatoms. The molecule has 2 rings (SSSR count). The lowest BCUT2D eigenvalue weighted by Crippen LogP contribution is -2.36. The van der Waals surface area contributed by atoms with E-state index in [9.17, 15) is 33.0 Å². The molecule has 0 aliphatic rings. The number of halogens is 3. The van der Waals surface area contributed by atoms with Gasteiger partial charge in [-0.15, -0.1) is 0 Å². The maximum absolute atomic E-state index is 12.5. The van der Waals surface area contributed by atoms with Crippen LogP contribution < -0.4 is 14.2 Å². The molecule has 0 aliphatic heterocycles. The fourth-order valence-electron chi connectivity index (χ4n) is 2.82. The standard InChI is InChI=1S/C25H27F3O7/c1-3-24(31,32)22(29)13-8-17-6-10-19(11-7-17)35-23(30)18-9-12-20(21(16-18)33-2)34-15-5-4-14-25(26,27)28/h6-13,16,31-32H,3-5,14-15H2,1-2H3/b13-8+. The van der Waals surface area contributed by atoms with E-state index in [1.165, 1.54) is 50.4 Å². The third-order valence-electron chi connectivity index (χ3n) is 4.92. The molecule has 0 aliphatic carbocycles. The van der Waals surface area contributed by atoms with Crippen molar-refractivity contribution in [2.75, 3.05) is 13.7 Å². The molecule has 0 fully saturated rings. The molecule has 0 heterocycles. The Morgan fingerprint density at radius 3 is 2.29 bits per heavy atom. The smallest absolute Gasteiger partial charge is 0.389 e. The van der Waals surface area contributed by atoms with E-state index < -0.39 is 30.1 Å². The van der Waals surface area contributed by atoms with Crippen molar-refractivity contribution in [2.45, 2.75) is 44.6 Å². The number of benzene rings is 2. The number of ether oxygens (including phenoxy) is 3. The zero-order valence-electron chi connectivity index (χ0n) is 19.3. The minimum Gasteiger partial charge on any atom is -0.493 e. The summed E-state index contributed by atoms with van der Waals surface area (Å²) in [5.41, 5.74) is 0.742. The van der Waals surface area contributed by atoms with Gasteiger partial charge in [0.25, 0.3) is 0 Å². The number of unbranched alkanes of at least 4 members (excludes halogenated alkanes) is 1. The number of methoxy groups -OCH3 is 1. The number of esters is 1. The Morgan fingerprint density at radius 1 is 1.00 bits per heavy atom. The summed E-state index contributed by atoms with van der Waals surface area (Å²) in [7, 11) is 1.37. The van der Waals surface area contributed by atoms with Gasteiger partial charge < -0.3 is 24.4 Å². The molecule has 0 spiro atoms. The summed E-state index contributed by atoms with van der Waals surface area (Å²) in [5.74, 6) is -3.18. The van der Waals surface area contributed by atoms with E-state index in [1.54, 1.807) is 12.1 Å². The number of carbonyl (C=O) groups excluding carboxylic acids is 2. The van der Waals surface area contributed by atoms with Gasteiger partial charge in [0.2, 0.25) is 11.6 Å². The third-order valence-corrected chi connectivity index (χ3v) is 4.92. The number of ketones is 1. The lowest BCUT2D eigenvalue weighted by Gasteiger charge is -2.15. The fourth-order valence-corrected chi connectivity index (χ4v) is 2.82. The van der Waals surface area contributed by atoms with Crippen LogP contribution in [0.5, 0.6) is 17.2 Å². The Bertz CT molecular complexity index is 1030. The van der Waals surface area contributed by atoms with Crippen molar-refractivity contribution in [3.63, 3.8) is 0 Å². The molecule has 190 valence electrons. The maximum Gasteiger partial charge on any atom is 0.389 e. The topological polar surface area (TPSA) is 102 Å². The molecular formula is C25H27F3O7. The SMILES string of the molecule is CCC(O)(O)C(=O)/C=C/c1ccc(OC(=O)c2ccc(OCCCCC(F)(F)F)c(OC)c2)cc1. The molecule has 35 heavy (non-hydrogen) atoms. The van der Waals surface area contributed by atoms with Crippen molar-refractivity contribution in [2.24, 2.45) is 0 Å². The average molecular weight is 496 g/mol. The molecule has 0 aromatic heterocycles. The third kappa shape index (κ3) is 9.06. The second kappa shape index (κ2) is 12.4. The number of alkyl halides is 3. The predicted molar refractivity (Wildman–Crippen MR) is 121 cm³/mol. The van der Waals surface area contributed by atoms with E-state index in [0.717, 1.165) is 6.08 Å². The van der Waals surface area contributed by atoms with Crippen LogP contribution in [0, 0.1) is 0 Å². The molecule has 0 radical (unpaired) electrons. The van der Waals surface area contributed by atoms with E-state index in [2.05, 4.69) is 0 Å². The van der Waals surface area contributed by atoms with Crippen molar-refractivity contribution in [3.05, 3.63) is 59.7 Å². The van der Waals surface area contributed by atoms with Crippen LogP contribution in [0.1, 0.15) is 48.5 Å². The van der Waals surface area contributed by atoms with E-state index in [4.69, 9.17) is 14.2 Å². The molecule has 0 amide bonds. The number of hydrogen-bond donors (Lipinski definition) is 2. The number of rotatable bonds is 12. The highest BCUT2D eigenvalue weighted by Gasteiger charge is 2.28. The largest absolute Gasteiger partial charge is 0.493 e. The predicted octanol–water partition coefficient (Wildman–Crippen LogP) is 4.70. The van der Waals surface area contributed by atoms with Crippen LogP contribution in [0.25, 0.3) is 6.08 Å². The van der Waals surface area contributed by atoms with Crippen molar-refractivity contribution >= 4 is 17.8 Å². The van der Waals surface area contributed by atoms with Crippen LogP contribution >= 0.6 is 0 Å². The quantitative estimate of drug-likeness (QED) is 0.144. The highest BCUT2D eigenvalue weighted by atomic mass is 19.4. The van der Waals surface area contributed by atoms with Crippen LogP contribution in [-0.4, -0.2) is 47.6 Å². The molecule has 2 N–H and O–H groups in total. The fraction of sp³-hybridized carbons (Fsp3) is 0.360. The molecule has 7 nitrogen and oxygen atoms in total. The second-order valence-corrected chi connectivity index (χ2v) is 7.61. The van der Waals surface area contributed by atoms with Gasteiger partial charge in [-0.05, 0) is 54.8 Å². The van der Waals surface area contributed by atoms with Gasteiger partial charge >= 0.3 is 12.1 Å². The lowest BCUT2D eigenvalue weighted by atomic mass is 10.1. The van der Waals surface area contributed by atoms with Crippen molar-refractivity contribution < 1.29 is 47.2 Å². The number of hydrogen-bond acceptors (Lipinski definition) is 7. The summed E-state index contributed by atoms with van der Waals surface area (Å²) >= 11 is 0. The number of carbonyl (C=O) groups is 2. The van der Waals surface area contributed by atoms with Crippen molar-refractivity contribution in [3.8, 4) is 17.2 Å². The van der Waals surface area contributed by atoms with Crippen LogP contribution in [0.3, 0.4) is 0 Å². The first kappa shape index (κ1) is 27.9.